The number of aryl methyl sites for hydroxylation is 2. The lowest BCUT2D eigenvalue weighted by Crippen LogP contribution is -2.21. The number of hydrogen-bond acceptors (Lipinski definition) is 4. The quantitative estimate of drug-likeness (QED) is 0.720. The van der Waals surface area contributed by atoms with E-state index in [1.807, 2.05) is 6.07 Å². The largest absolute Gasteiger partial charge is 0.477 e. The zero-order valence-electron chi connectivity index (χ0n) is 14.6. The maximum Gasteiger partial charge on any atom is 0.341 e. The van der Waals surface area contributed by atoms with Crippen LogP contribution in [-0.2, 0) is 13.0 Å². The summed E-state index contributed by atoms with van der Waals surface area (Å²) in [6.45, 7) is 4.82. The van der Waals surface area contributed by atoms with Crippen molar-refractivity contribution in [2.45, 2.75) is 33.2 Å². The van der Waals surface area contributed by atoms with Gasteiger partial charge in [0.2, 0.25) is 0 Å². The fourth-order valence-electron chi connectivity index (χ4n) is 3.02. The summed E-state index contributed by atoms with van der Waals surface area (Å²) in [7, 11) is 0. The van der Waals surface area contributed by atoms with E-state index < -0.39 is 11.4 Å². The van der Waals surface area contributed by atoms with Crippen molar-refractivity contribution in [2.75, 3.05) is 0 Å². The molecular formula is C20H18N2O4. The molecule has 132 valence electrons. The number of carboxylic acids is 1. The highest BCUT2D eigenvalue weighted by molar-refractivity contribution is 5.90. The van der Waals surface area contributed by atoms with Crippen LogP contribution in [-0.4, -0.2) is 15.6 Å². The molecule has 0 fully saturated rings. The van der Waals surface area contributed by atoms with Crippen LogP contribution in [0.5, 0.6) is 0 Å². The lowest BCUT2D eigenvalue weighted by Gasteiger charge is -2.18. The molecule has 3 aromatic rings. The molecule has 0 saturated heterocycles. The van der Waals surface area contributed by atoms with Crippen molar-refractivity contribution in [3.63, 3.8) is 0 Å². The van der Waals surface area contributed by atoms with E-state index in [4.69, 9.17) is 14.8 Å². The molecule has 0 amide bonds. The Labute approximate surface area is 149 Å². The SMILES string of the molecule is CCC.N#Cc1ccc2c3c(oc2c1)-c1cc(=O)c(C(=O)O)cn1CC3. The Hall–Kier alpha value is -3.33. The van der Waals surface area contributed by atoms with Gasteiger partial charge in [-0.05, 0) is 24.6 Å². The monoisotopic (exact) mass is 350 g/mol. The highest BCUT2D eigenvalue weighted by atomic mass is 16.4. The minimum absolute atomic E-state index is 0.250. The molecule has 0 aliphatic carbocycles. The molecule has 0 radical (unpaired) electrons. The van der Waals surface area contributed by atoms with Gasteiger partial charge < -0.3 is 14.1 Å². The minimum atomic E-state index is -1.24. The number of aromatic nitrogens is 1. The number of carboxylic acid groups (broad SMARTS) is 1. The van der Waals surface area contributed by atoms with E-state index >= 15 is 0 Å². The van der Waals surface area contributed by atoms with E-state index in [0.29, 0.717) is 35.6 Å². The van der Waals surface area contributed by atoms with Crippen LogP contribution in [0.3, 0.4) is 0 Å². The van der Waals surface area contributed by atoms with E-state index in [2.05, 4.69) is 19.9 Å². The average molecular weight is 350 g/mol. The topological polar surface area (TPSA) is 96.2 Å². The summed E-state index contributed by atoms with van der Waals surface area (Å²) >= 11 is 0. The molecule has 1 aromatic carbocycles. The number of hydrogen-bond donors (Lipinski definition) is 1. The summed E-state index contributed by atoms with van der Waals surface area (Å²) in [5.74, 6) is -0.672. The zero-order valence-corrected chi connectivity index (χ0v) is 14.6. The van der Waals surface area contributed by atoms with E-state index in [-0.39, 0.29) is 5.56 Å². The molecule has 3 heterocycles. The third kappa shape index (κ3) is 2.88. The third-order valence-corrected chi connectivity index (χ3v) is 4.12. The minimum Gasteiger partial charge on any atom is -0.477 e. The number of nitriles is 1. The second kappa shape index (κ2) is 6.89. The number of nitrogens with zero attached hydrogens (tertiary/aromatic N) is 2. The summed E-state index contributed by atoms with van der Waals surface area (Å²) in [5, 5.41) is 19.0. The van der Waals surface area contributed by atoms with Crippen LogP contribution in [0.2, 0.25) is 0 Å². The summed E-state index contributed by atoms with van der Waals surface area (Å²) < 4.78 is 7.58. The van der Waals surface area contributed by atoms with Crippen LogP contribution in [0.25, 0.3) is 22.4 Å². The molecule has 0 bridgehead atoms. The fourth-order valence-corrected chi connectivity index (χ4v) is 3.02. The first kappa shape index (κ1) is 17.5. The summed E-state index contributed by atoms with van der Waals surface area (Å²) in [6, 6.07) is 8.61. The number of rotatable bonds is 1. The van der Waals surface area contributed by atoms with Crippen molar-refractivity contribution in [1.82, 2.24) is 4.57 Å². The van der Waals surface area contributed by atoms with Crippen LogP contribution in [0.15, 0.2) is 39.7 Å². The number of carbonyl (C=O) groups is 1. The molecule has 0 unspecified atom stereocenters. The first-order valence-electron chi connectivity index (χ1n) is 8.43. The highest BCUT2D eigenvalue weighted by Gasteiger charge is 2.24. The summed E-state index contributed by atoms with van der Waals surface area (Å²) in [5.41, 5.74) is 1.84. The first-order chi connectivity index (χ1) is 12.5. The third-order valence-electron chi connectivity index (χ3n) is 4.12. The maximum absolute atomic E-state index is 12.0. The van der Waals surface area contributed by atoms with E-state index in [1.165, 1.54) is 18.7 Å². The smallest absolute Gasteiger partial charge is 0.341 e. The van der Waals surface area contributed by atoms with Crippen molar-refractivity contribution < 1.29 is 14.3 Å². The molecular weight excluding hydrogens is 332 g/mol. The molecule has 0 spiro atoms. The second-order valence-corrected chi connectivity index (χ2v) is 6.12. The predicted molar refractivity (Wildman–Crippen MR) is 97.3 cm³/mol. The molecule has 4 rings (SSSR count). The van der Waals surface area contributed by atoms with E-state index in [1.54, 1.807) is 16.7 Å². The van der Waals surface area contributed by atoms with Gasteiger partial charge in [0.1, 0.15) is 11.1 Å². The number of pyridine rings is 1. The maximum atomic E-state index is 12.0. The lowest BCUT2D eigenvalue weighted by atomic mass is 10.0. The Morgan fingerprint density at radius 1 is 1.35 bits per heavy atom. The van der Waals surface area contributed by atoms with Crippen LogP contribution in [0, 0.1) is 11.3 Å². The van der Waals surface area contributed by atoms with Gasteiger partial charge >= 0.3 is 5.97 Å². The van der Waals surface area contributed by atoms with Gasteiger partial charge in [0.15, 0.2) is 11.2 Å². The molecule has 6 nitrogen and oxygen atoms in total. The Kier molecular flexibility index (Phi) is 4.63. The summed E-state index contributed by atoms with van der Waals surface area (Å²) in [6.07, 6.45) is 3.28. The van der Waals surface area contributed by atoms with Gasteiger partial charge in [0.05, 0.1) is 17.3 Å². The van der Waals surface area contributed by atoms with Crippen molar-refractivity contribution in [3.8, 4) is 17.5 Å². The van der Waals surface area contributed by atoms with Crippen molar-refractivity contribution in [1.29, 1.82) is 5.26 Å². The zero-order chi connectivity index (χ0) is 18.8. The molecule has 1 aliphatic rings. The highest BCUT2D eigenvalue weighted by Crippen LogP contribution is 2.37. The van der Waals surface area contributed by atoms with Crippen LogP contribution in [0.4, 0.5) is 0 Å². The average Bonchev–Trinajstić information content (AvgIpc) is 2.99. The Balaban J connectivity index is 0.000000613. The molecule has 2 aromatic heterocycles. The van der Waals surface area contributed by atoms with Gasteiger partial charge in [-0.2, -0.15) is 5.26 Å². The number of benzene rings is 1. The van der Waals surface area contributed by atoms with E-state index in [0.717, 1.165) is 10.9 Å². The normalized spacial score (nSPS) is 11.7. The molecule has 6 heteroatoms. The lowest BCUT2D eigenvalue weighted by molar-refractivity contribution is 0.0694. The number of fused-ring (bicyclic) bond motifs is 5. The van der Waals surface area contributed by atoms with Crippen molar-refractivity contribution in [2.24, 2.45) is 0 Å². The Morgan fingerprint density at radius 2 is 2.08 bits per heavy atom. The Morgan fingerprint density at radius 3 is 2.73 bits per heavy atom. The standard InChI is InChI=1S/C17H10N2O4.C3H8/c18-7-9-1-2-10-11-3-4-19-8-12(17(21)22)14(20)6-13(19)16(11)23-15(10)5-9;1-3-2/h1-2,5-6,8H,3-4H2,(H,21,22);3H2,1-2H3. The van der Waals surface area contributed by atoms with Gasteiger partial charge in [0, 0.05) is 29.8 Å². The van der Waals surface area contributed by atoms with E-state index in [9.17, 15) is 9.59 Å². The molecule has 26 heavy (non-hydrogen) atoms. The van der Waals surface area contributed by atoms with Gasteiger partial charge in [-0.15, -0.1) is 0 Å². The molecule has 1 N–H and O–H groups in total. The molecule has 0 saturated carbocycles. The summed E-state index contributed by atoms with van der Waals surface area (Å²) in [4.78, 5) is 23.1. The second-order valence-electron chi connectivity index (χ2n) is 6.12. The van der Waals surface area contributed by atoms with Crippen LogP contribution >= 0.6 is 0 Å². The Bertz CT molecular complexity index is 1100. The first-order valence-corrected chi connectivity index (χ1v) is 8.43. The van der Waals surface area contributed by atoms with Gasteiger partial charge in [-0.1, -0.05) is 20.3 Å². The van der Waals surface area contributed by atoms with Crippen LogP contribution < -0.4 is 5.43 Å². The predicted octanol–water partition coefficient (Wildman–Crippen LogP) is 3.80. The molecule has 1 aliphatic heterocycles. The van der Waals surface area contributed by atoms with Gasteiger partial charge in [-0.3, -0.25) is 4.79 Å². The number of aromatic carboxylic acids is 1. The van der Waals surface area contributed by atoms with Gasteiger partial charge in [0.25, 0.3) is 0 Å². The van der Waals surface area contributed by atoms with Gasteiger partial charge in [-0.25, -0.2) is 4.79 Å². The fraction of sp³-hybridized carbons (Fsp3) is 0.250. The van der Waals surface area contributed by atoms with Crippen LogP contribution in [0.1, 0.15) is 41.8 Å². The van der Waals surface area contributed by atoms with Crippen molar-refractivity contribution in [3.05, 3.63) is 57.4 Å². The van der Waals surface area contributed by atoms with Crippen molar-refractivity contribution >= 4 is 16.9 Å². The number of furan rings is 1. The molecule has 0 atom stereocenters.